The summed E-state index contributed by atoms with van der Waals surface area (Å²) < 4.78 is 5.06. The first-order valence-corrected chi connectivity index (χ1v) is 5.37. The molecule has 1 aromatic rings. The predicted octanol–water partition coefficient (Wildman–Crippen LogP) is 3.36. The van der Waals surface area contributed by atoms with Crippen LogP contribution in [0, 0.1) is 5.92 Å². The molecule has 0 saturated carbocycles. The van der Waals surface area contributed by atoms with Crippen LogP contribution in [0.1, 0.15) is 45.7 Å². The molecule has 0 saturated heterocycles. The maximum absolute atomic E-state index is 5.06. The van der Waals surface area contributed by atoms with E-state index in [2.05, 4.69) is 33.0 Å². The molecule has 2 unspecified atom stereocenters. The van der Waals surface area contributed by atoms with Gasteiger partial charge >= 0.3 is 0 Å². The highest BCUT2D eigenvalue weighted by molar-refractivity contribution is 5.10. The average molecular weight is 195 g/mol. The molecular weight excluding hydrogens is 174 g/mol. The fourth-order valence-electron chi connectivity index (χ4n) is 1.82. The van der Waals surface area contributed by atoms with Crippen LogP contribution in [0.25, 0.3) is 0 Å². The highest BCUT2D eigenvalue weighted by atomic mass is 16.3. The molecule has 1 N–H and O–H groups in total. The van der Waals surface area contributed by atoms with Crippen molar-refractivity contribution in [1.29, 1.82) is 0 Å². The van der Waals surface area contributed by atoms with Crippen molar-refractivity contribution in [2.45, 2.75) is 46.2 Å². The molecule has 0 amide bonds. The monoisotopic (exact) mass is 195 g/mol. The van der Waals surface area contributed by atoms with E-state index < -0.39 is 0 Å². The van der Waals surface area contributed by atoms with E-state index in [9.17, 15) is 0 Å². The van der Waals surface area contributed by atoms with E-state index in [1.807, 2.05) is 6.07 Å². The largest absolute Gasteiger partial charge is 0.472 e. The zero-order valence-electron chi connectivity index (χ0n) is 9.58. The van der Waals surface area contributed by atoms with Gasteiger partial charge in [0.25, 0.3) is 0 Å². The van der Waals surface area contributed by atoms with E-state index >= 15 is 0 Å². The van der Waals surface area contributed by atoms with E-state index in [4.69, 9.17) is 4.42 Å². The number of hydrogen-bond donors (Lipinski definition) is 1. The summed E-state index contributed by atoms with van der Waals surface area (Å²) in [5.74, 6) is 0.744. The topological polar surface area (TPSA) is 25.2 Å². The van der Waals surface area contributed by atoms with Crippen molar-refractivity contribution in [3.63, 3.8) is 0 Å². The number of furan rings is 1. The molecule has 0 aliphatic heterocycles. The van der Waals surface area contributed by atoms with Gasteiger partial charge in [0.1, 0.15) is 0 Å². The Kier molecular flexibility index (Phi) is 4.21. The Labute approximate surface area is 86.7 Å². The molecule has 2 nitrogen and oxygen atoms in total. The molecular formula is C12H21NO. The normalized spacial score (nSPS) is 15.8. The van der Waals surface area contributed by atoms with E-state index in [-0.39, 0.29) is 0 Å². The summed E-state index contributed by atoms with van der Waals surface area (Å²) in [5.41, 5.74) is 1.22. The van der Waals surface area contributed by atoms with E-state index in [0.717, 1.165) is 5.92 Å². The van der Waals surface area contributed by atoms with Gasteiger partial charge in [0.05, 0.1) is 12.5 Å². The van der Waals surface area contributed by atoms with E-state index in [1.165, 1.54) is 12.0 Å². The van der Waals surface area contributed by atoms with Crippen LogP contribution in [0.2, 0.25) is 0 Å². The molecule has 0 spiro atoms. The minimum absolute atomic E-state index is 0.377. The second-order valence-electron chi connectivity index (χ2n) is 4.48. The molecule has 0 bridgehead atoms. The zero-order chi connectivity index (χ0) is 10.6. The molecule has 0 aliphatic carbocycles. The summed E-state index contributed by atoms with van der Waals surface area (Å²) in [5, 5.41) is 3.55. The Morgan fingerprint density at radius 3 is 2.50 bits per heavy atom. The smallest absolute Gasteiger partial charge is 0.0950 e. The Balaban J connectivity index is 2.37. The van der Waals surface area contributed by atoms with E-state index in [0.29, 0.717) is 12.1 Å². The van der Waals surface area contributed by atoms with Crippen LogP contribution < -0.4 is 5.32 Å². The Morgan fingerprint density at radius 2 is 2.00 bits per heavy atom. The number of rotatable bonds is 5. The van der Waals surface area contributed by atoms with Gasteiger partial charge in [-0.05, 0) is 32.3 Å². The van der Waals surface area contributed by atoms with Crippen molar-refractivity contribution in [1.82, 2.24) is 5.32 Å². The fraction of sp³-hybridized carbons (Fsp3) is 0.667. The van der Waals surface area contributed by atoms with Crippen molar-refractivity contribution in [2.75, 3.05) is 0 Å². The molecule has 1 heterocycles. The van der Waals surface area contributed by atoms with Gasteiger partial charge in [-0.25, -0.2) is 0 Å². The molecule has 1 aromatic heterocycles. The number of hydrogen-bond acceptors (Lipinski definition) is 2. The SMILES string of the molecule is CC(C)CC(C)NC(C)c1ccoc1. The van der Waals surface area contributed by atoms with Crippen molar-refractivity contribution >= 4 is 0 Å². The molecule has 2 atom stereocenters. The Morgan fingerprint density at radius 1 is 1.29 bits per heavy atom. The third-order valence-electron chi connectivity index (χ3n) is 2.40. The Hall–Kier alpha value is -0.760. The lowest BCUT2D eigenvalue weighted by atomic mass is 10.0. The maximum atomic E-state index is 5.06. The van der Waals surface area contributed by atoms with Crippen LogP contribution in [0.3, 0.4) is 0 Å². The Bertz CT molecular complexity index is 241. The minimum atomic E-state index is 0.377. The maximum Gasteiger partial charge on any atom is 0.0950 e. The minimum Gasteiger partial charge on any atom is -0.472 e. The quantitative estimate of drug-likeness (QED) is 0.779. The van der Waals surface area contributed by atoms with Crippen LogP contribution >= 0.6 is 0 Å². The average Bonchev–Trinajstić information content (AvgIpc) is 2.53. The van der Waals surface area contributed by atoms with Gasteiger partial charge in [0, 0.05) is 17.6 Å². The summed E-state index contributed by atoms with van der Waals surface area (Å²) >= 11 is 0. The summed E-state index contributed by atoms with van der Waals surface area (Å²) in [4.78, 5) is 0. The fourth-order valence-corrected chi connectivity index (χ4v) is 1.82. The van der Waals surface area contributed by atoms with Crippen molar-refractivity contribution in [3.8, 4) is 0 Å². The van der Waals surface area contributed by atoms with Gasteiger partial charge < -0.3 is 9.73 Å². The number of nitrogens with one attached hydrogen (secondary N) is 1. The first kappa shape index (κ1) is 11.3. The highest BCUT2D eigenvalue weighted by Crippen LogP contribution is 2.14. The molecule has 80 valence electrons. The molecule has 0 aliphatic rings. The molecule has 0 aromatic carbocycles. The summed E-state index contributed by atoms with van der Waals surface area (Å²) in [6.45, 7) is 8.90. The standard InChI is InChI=1S/C12H21NO/c1-9(2)7-10(3)13-11(4)12-5-6-14-8-12/h5-6,8-11,13H,7H2,1-4H3. The molecule has 1 rings (SSSR count). The lowest BCUT2D eigenvalue weighted by Crippen LogP contribution is -2.29. The van der Waals surface area contributed by atoms with Crippen molar-refractivity contribution in [2.24, 2.45) is 5.92 Å². The lowest BCUT2D eigenvalue weighted by molar-refractivity contribution is 0.405. The van der Waals surface area contributed by atoms with Gasteiger partial charge in [-0.3, -0.25) is 0 Å². The van der Waals surface area contributed by atoms with Crippen LogP contribution in [0.4, 0.5) is 0 Å². The van der Waals surface area contributed by atoms with Crippen LogP contribution in [0.15, 0.2) is 23.0 Å². The van der Waals surface area contributed by atoms with Gasteiger partial charge in [0.15, 0.2) is 0 Å². The van der Waals surface area contributed by atoms with Gasteiger partial charge in [-0.15, -0.1) is 0 Å². The zero-order valence-corrected chi connectivity index (χ0v) is 9.58. The molecule has 0 radical (unpaired) electrons. The second kappa shape index (κ2) is 5.20. The summed E-state index contributed by atoms with van der Waals surface area (Å²) in [6.07, 6.45) is 4.74. The highest BCUT2D eigenvalue weighted by Gasteiger charge is 2.11. The lowest BCUT2D eigenvalue weighted by Gasteiger charge is -2.20. The third-order valence-corrected chi connectivity index (χ3v) is 2.40. The first-order valence-electron chi connectivity index (χ1n) is 5.37. The van der Waals surface area contributed by atoms with Gasteiger partial charge in [-0.1, -0.05) is 13.8 Å². The summed E-state index contributed by atoms with van der Waals surface area (Å²) in [6, 6.07) is 2.95. The molecule has 14 heavy (non-hydrogen) atoms. The summed E-state index contributed by atoms with van der Waals surface area (Å²) in [7, 11) is 0. The van der Waals surface area contributed by atoms with Gasteiger partial charge in [0.2, 0.25) is 0 Å². The second-order valence-corrected chi connectivity index (χ2v) is 4.48. The van der Waals surface area contributed by atoms with Gasteiger partial charge in [-0.2, -0.15) is 0 Å². The third kappa shape index (κ3) is 3.54. The molecule has 0 fully saturated rings. The van der Waals surface area contributed by atoms with Crippen LogP contribution in [0.5, 0.6) is 0 Å². The van der Waals surface area contributed by atoms with Crippen LogP contribution in [-0.4, -0.2) is 6.04 Å². The van der Waals surface area contributed by atoms with Crippen LogP contribution in [-0.2, 0) is 0 Å². The van der Waals surface area contributed by atoms with E-state index in [1.54, 1.807) is 12.5 Å². The van der Waals surface area contributed by atoms with Crippen molar-refractivity contribution in [3.05, 3.63) is 24.2 Å². The first-order chi connectivity index (χ1) is 6.59. The van der Waals surface area contributed by atoms with Crippen molar-refractivity contribution < 1.29 is 4.42 Å². The predicted molar refractivity (Wildman–Crippen MR) is 59.2 cm³/mol. The molecule has 2 heteroatoms.